The lowest BCUT2D eigenvalue weighted by Gasteiger charge is -2.12. The highest BCUT2D eigenvalue weighted by Gasteiger charge is 2.24. The summed E-state index contributed by atoms with van der Waals surface area (Å²) in [6.45, 7) is 15.9. The second kappa shape index (κ2) is 10.5. The summed E-state index contributed by atoms with van der Waals surface area (Å²) < 4.78 is 4.63. The van der Waals surface area contributed by atoms with Crippen LogP contribution in [0.4, 0.5) is 11.4 Å². The van der Waals surface area contributed by atoms with Gasteiger partial charge < -0.3 is 4.57 Å². The zero-order valence-electron chi connectivity index (χ0n) is 24.1. The van der Waals surface area contributed by atoms with Gasteiger partial charge in [-0.2, -0.15) is 10.5 Å². The van der Waals surface area contributed by atoms with Crippen molar-refractivity contribution in [2.45, 2.75) is 0 Å². The van der Waals surface area contributed by atoms with E-state index in [9.17, 15) is 10.5 Å². The van der Waals surface area contributed by atoms with Crippen LogP contribution in [0.5, 0.6) is 0 Å². The number of aromatic nitrogens is 1. The summed E-state index contributed by atoms with van der Waals surface area (Å²) in [5.74, 6) is 0. The van der Waals surface area contributed by atoms with Gasteiger partial charge in [0.25, 0.3) is 0 Å². The van der Waals surface area contributed by atoms with Crippen LogP contribution >= 0.6 is 11.3 Å². The lowest BCUT2D eigenvalue weighted by atomic mass is 9.90. The van der Waals surface area contributed by atoms with Crippen LogP contribution in [-0.4, -0.2) is 4.57 Å². The monoisotopic (exact) mass is 601 g/mol. The molecule has 210 valence electrons. The molecular weight excluding hydrogens is 583 g/mol. The van der Waals surface area contributed by atoms with E-state index in [-0.39, 0.29) is 0 Å². The molecule has 2 aromatic heterocycles. The molecule has 5 nitrogen and oxygen atoms in total. The SMILES string of the molecule is [C-]#[N+]c1cccc(C#N)c1-c1cccc2c1c1c(-c3c(C#N)cccc3[N+]#[C-])cccc1n2-c1ccc2sc3ccccc3c2c1. The Morgan fingerprint density at radius 1 is 0.565 bits per heavy atom. The molecule has 8 rings (SSSR count). The maximum Gasteiger partial charge on any atom is 0.196 e. The smallest absolute Gasteiger partial charge is 0.196 e. The minimum atomic E-state index is 0.385. The maximum absolute atomic E-state index is 10.2. The maximum atomic E-state index is 10.2. The highest BCUT2D eigenvalue weighted by molar-refractivity contribution is 7.25. The standard InChI is InChI=1S/C40H19N5S/c1-43-31-14-5-9-24(22-41)37(31)28-12-7-16-33-39(28)40-29(38-25(23-42)10-6-15-32(38)44-2)13-8-17-34(40)45(33)26-19-20-36-30(21-26)27-11-3-4-18-35(27)46-36/h3-21H. The van der Waals surface area contributed by atoms with Gasteiger partial charge in [-0.1, -0.05) is 66.7 Å². The van der Waals surface area contributed by atoms with Gasteiger partial charge >= 0.3 is 0 Å². The number of fused-ring (bicyclic) bond motifs is 6. The predicted octanol–water partition coefficient (Wildman–Crippen LogP) is 11.3. The molecule has 0 radical (unpaired) electrons. The molecular formula is C40H19N5S. The van der Waals surface area contributed by atoms with Crippen LogP contribution in [0.25, 0.3) is 79.6 Å². The average Bonchev–Trinajstić information content (AvgIpc) is 3.66. The molecule has 0 saturated heterocycles. The number of nitriles is 2. The van der Waals surface area contributed by atoms with Gasteiger partial charge in [-0.3, -0.25) is 0 Å². The van der Waals surface area contributed by atoms with Crippen molar-refractivity contribution in [2.24, 2.45) is 0 Å². The van der Waals surface area contributed by atoms with E-state index >= 15 is 0 Å². The van der Waals surface area contributed by atoms with Crippen molar-refractivity contribution in [3.8, 4) is 40.1 Å². The normalized spacial score (nSPS) is 11.0. The van der Waals surface area contributed by atoms with Gasteiger partial charge in [0, 0.05) is 58.9 Å². The minimum Gasteiger partial charge on any atom is -0.309 e. The molecule has 0 spiro atoms. The van der Waals surface area contributed by atoms with Crippen LogP contribution in [0.15, 0.2) is 115 Å². The Balaban J connectivity index is 1.59. The number of rotatable bonds is 3. The van der Waals surface area contributed by atoms with Crippen LogP contribution in [-0.2, 0) is 0 Å². The van der Waals surface area contributed by atoms with Gasteiger partial charge in [-0.15, -0.1) is 11.3 Å². The molecule has 0 saturated carbocycles. The zero-order valence-corrected chi connectivity index (χ0v) is 24.9. The van der Waals surface area contributed by atoms with Gasteiger partial charge in [0.15, 0.2) is 11.4 Å². The molecule has 0 fully saturated rings. The fraction of sp³-hybridized carbons (Fsp3) is 0. The van der Waals surface area contributed by atoms with E-state index in [4.69, 9.17) is 13.1 Å². The quantitative estimate of drug-likeness (QED) is 0.189. The molecule has 0 aliphatic rings. The number of hydrogen-bond donors (Lipinski definition) is 0. The highest BCUT2D eigenvalue weighted by atomic mass is 32.1. The molecule has 0 unspecified atom stereocenters. The summed E-state index contributed by atoms with van der Waals surface area (Å²) in [4.78, 5) is 7.62. The van der Waals surface area contributed by atoms with Crippen molar-refractivity contribution in [2.75, 3.05) is 0 Å². The van der Waals surface area contributed by atoms with Crippen LogP contribution in [0.1, 0.15) is 11.1 Å². The first kappa shape index (κ1) is 26.9. The lowest BCUT2D eigenvalue weighted by molar-refractivity contribution is 1.19. The molecule has 46 heavy (non-hydrogen) atoms. The molecule has 0 aliphatic carbocycles. The second-order valence-corrected chi connectivity index (χ2v) is 11.9. The summed E-state index contributed by atoms with van der Waals surface area (Å²) in [7, 11) is 0. The van der Waals surface area contributed by atoms with Gasteiger partial charge in [0.1, 0.15) is 0 Å². The third-order valence-corrected chi connectivity index (χ3v) is 9.69. The first-order valence-corrected chi connectivity index (χ1v) is 15.3. The van der Waals surface area contributed by atoms with Gasteiger partial charge in [-0.05, 0) is 59.7 Å². The fourth-order valence-corrected chi connectivity index (χ4v) is 7.76. The summed E-state index contributed by atoms with van der Waals surface area (Å²) in [5, 5.41) is 24.4. The summed E-state index contributed by atoms with van der Waals surface area (Å²) in [6.07, 6.45) is 0. The van der Waals surface area contributed by atoms with E-state index in [2.05, 4.69) is 81.0 Å². The molecule has 8 aromatic rings. The first-order chi connectivity index (χ1) is 22.7. The zero-order chi connectivity index (χ0) is 31.4. The molecule has 0 atom stereocenters. The van der Waals surface area contributed by atoms with E-state index in [1.807, 2.05) is 24.3 Å². The molecule has 0 amide bonds. The Labute approximate surface area is 268 Å². The van der Waals surface area contributed by atoms with E-state index in [1.54, 1.807) is 47.7 Å². The van der Waals surface area contributed by atoms with Crippen LogP contribution < -0.4 is 0 Å². The van der Waals surface area contributed by atoms with E-state index in [1.165, 1.54) is 14.8 Å². The van der Waals surface area contributed by atoms with Crippen molar-refractivity contribution < 1.29 is 0 Å². The topological polar surface area (TPSA) is 61.2 Å². The largest absolute Gasteiger partial charge is 0.309 e. The number of nitrogens with zero attached hydrogens (tertiary/aromatic N) is 5. The van der Waals surface area contributed by atoms with Gasteiger partial charge in [0.2, 0.25) is 0 Å². The van der Waals surface area contributed by atoms with E-state index in [0.717, 1.165) is 44.0 Å². The Morgan fingerprint density at radius 3 is 1.67 bits per heavy atom. The predicted molar refractivity (Wildman–Crippen MR) is 186 cm³/mol. The minimum absolute atomic E-state index is 0.385. The highest BCUT2D eigenvalue weighted by Crippen LogP contribution is 2.48. The molecule has 6 heteroatoms. The third-order valence-electron chi connectivity index (χ3n) is 8.54. The number of hydrogen-bond acceptors (Lipinski definition) is 3. The first-order valence-electron chi connectivity index (χ1n) is 14.5. The summed E-state index contributed by atoms with van der Waals surface area (Å²) in [6, 6.07) is 41.9. The van der Waals surface area contributed by atoms with Crippen molar-refractivity contribution in [1.82, 2.24) is 4.57 Å². The molecule has 0 aliphatic heterocycles. The van der Waals surface area contributed by atoms with E-state index in [0.29, 0.717) is 33.6 Å². The molecule has 0 N–H and O–H groups in total. The number of thiophene rings is 1. The Morgan fingerprint density at radius 2 is 1.11 bits per heavy atom. The van der Waals surface area contributed by atoms with Gasteiger partial charge in [0.05, 0.1) is 36.3 Å². The molecule has 0 bridgehead atoms. The van der Waals surface area contributed by atoms with Crippen LogP contribution in [0, 0.1) is 35.8 Å². The molecule has 2 heterocycles. The molecule has 6 aromatic carbocycles. The lowest BCUT2D eigenvalue weighted by Crippen LogP contribution is -1.94. The van der Waals surface area contributed by atoms with Crippen LogP contribution in [0.2, 0.25) is 0 Å². The number of benzene rings is 6. The Kier molecular flexibility index (Phi) is 6.13. The summed E-state index contributed by atoms with van der Waals surface area (Å²) >= 11 is 1.76. The third kappa shape index (κ3) is 3.83. The van der Waals surface area contributed by atoms with Gasteiger partial charge in [-0.25, -0.2) is 9.69 Å². The van der Waals surface area contributed by atoms with Crippen molar-refractivity contribution in [1.29, 1.82) is 10.5 Å². The fourth-order valence-electron chi connectivity index (χ4n) is 6.68. The van der Waals surface area contributed by atoms with Crippen molar-refractivity contribution in [3.05, 3.63) is 149 Å². The Hall–Kier alpha value is -6.70. The Bertz CT molecular complexity index is 2560. The van der Waals surface area contributed by atoms with Crippen molar-refractivity contribution >= 4 is 64.7 Å². The summed E-state index contributed by atoms with van der Waals surface area (Å²) in [5.41, 5.74) is 6.96. The average molecular weight is 602 g/mol. The van der Waals surface area contributed by atoms with E-state index < -0.39 is 0 Å². The van der Waals surface area contributed by atoms with Crippen molar-refractivity contribution in [3.63, 3.8) is 0 Å². The van der Waals surface area contributed by atoms with Crippen LogP contribution in [0.3, 0.4) is 0 Å². The second-order valence-electron chi connectivity index (χ2n) is 10.9.